The lowest BCUT2D eigenvalue weighted by Crippen LogP contribution is -2.49. The van der Waals surface area contributed by atoms with Crippen molar-refractivity contribution in [3.63, 3.8) is 0 Å². The Morgan fingerprint density at radius 2 is 1.89 bits per heavy atom. The number of benzene rings is 2. The van der Waals surface area contributed by atoms with Gasteiger partial charge < -0.3 is 10.5 Å². The van der Waals surface area contributed by atoms with Crippen LogP contribution in [-0.2, 0) is 15.8 Å². The molecule has 186 valence electrons. The molecule has 0 amide bonds. The quantitative estimate of drug-likeness (QED) is 0.483. The average molecular weight is 505 g/mol. The molecule has 5 aliphatic rings. The van der Waals surface area contributed by atoms with Gasteiger partial charge in [0.25, 0.3) is 5.69 Å². The van der Waals surface area contributed by atoms with Crippen molar-refractivity contribution in [2.45, 2.75) is 49.4 Å². The summed E-state index contributed by atoms with van der Waals surface area (Å²) in [6.45, 7) is 4.81. The number of carbonyl (C=O) groups excluding carboxylic acids is 1. The summed E-state index contributed by atoms with van der Waals surface area (Å²) in [4.78, 5) is 13.1. The van der Waals surface area contributed by atoms with Crippen molar-refractivity contribution >= 4 is 33.7 Å². The van der Waals surface area contributed by atoms with Crippen LogP contribution in [0.2, 0.25) is 0 Å². The number of carbonyl (C=O) groups is 1. The highest BCUT2D eigenvalue weighted by molar-refractivity contribution is 7.83. The van der Waals surface area contributed by atoms with Gasteiger partial charge in [0.05, 0.1) is 28.9 Å². The number of fused-ring (bicyclic) bond motifs is 4. The van der Waals surface area contributed by atoms with E-state index in [1.165, 1.54) is 4.74 Å². The van der Waals surface area contributed by atoms with Crippen LogP contribution < -0.4 is 10.5 Å². The van der Waals surface area contributed by atoms with Gasteiger partial charge >= 0.3 is 0 Å². The number of hydrogen-bond acceptors (Lipinski definition) is 5. The van der Waals surface area contributed by atoms with Crippen molar-refractivity contribution in [1.82, 2.24) is 4.31 Å². The minimum atomic E-state index is -1.37. The fourth-order valence-corrected chi connectivity index (χ4v) is 9.66. The van der Waals surface area contributed by atoms with Gasteiger partial charge in [-0.1, -0.05) is 24.3 Å². The van der Waals surface area contributed by atoms with Gasteiger partial charge in [0.15, 0.2) is 5.78 Å². The second-order valence-electron chi connectivity index (χ2n) is 11.3. The lowest BCUT2D eigenvalue weighted by atomic mass is 9.64. The normalized spacial score (nSPS) is 35.7. The molecule has 0 aromatic heterocycles. The molecule has 7 rings (SSSR count). The summed E-state index contributed by atoms with van der Waals surface area (Å²) >= 11 is 0. The summed E-state index contributed by atoms with van der Waals surface area (Å²) in [6.07, 6.45) is 4.07. The number of allylic oxidation sites excluding steroid dienone is 1. The van der Waals surface area contributed by atoms with Crippen molar-refractivity contribution in [3.8, 4) is 16.9 Å². The maximum absolute atomic E-state index is 14.0. The zero-order valence-electron chi connectivity index (χ0n) is 20.7. The highest BCUT2D eigenvalue weighted by Crippen LogP contribution is 2.63. The third-order valence-corrected chi connectivity index (χ3v) is 11.3. The largest absolute Gasteiger partial charge is 0.497 e. The zero-order valence-corrected chi connectivity index (χ0v) is 21.5. The number of ketones is 1. The van der Waals surface area contributed by atoms with E-state index in [2.05, 4.69) is 26.0 Å². The van der Waals surface area contributed by atoms with Gasteiger partial charge in [0.1, 0.15) is 27.8 Å². The van der Waals surface area contributed by atoms with Gasteiger partial charge in [-0.2, -0.15) is 0 Å². The molecule has 1 spiro atoms. The lowest BCUT2D eigenvalue weighted by Gasteiger charge is -2.40. The number of methoxy groups -OCH3 is 1. The fourth-order valence-electron chi connectivity index (χ4n) is 7.44. The highest BCUT2D eigenvalue weighted by atomic mass is 32.2. The topological polar surface area (TPSA) is 95.9 Å². The molecule has 3 fully saturated rings. The molecule has 3 heterocycles. The number of nitrogens with zero attached hydrogens (tertiary/aromatic N) is 2. The minimum absolute atomic E-state index is 0.0366. The number of Topliss-reactive ketones (excluding diaryl/α,β-unsaturated/α-hetero) is 1. The van der Waals surface area contributed by atoms with Crippen LogP contribution in [0.5, 0.6) is 5.75 Å². The first kappa shape index (κ1) is 22.4. The Morgan fingerprint density at radius 3 is 2.61 bits per heavy atom. The van der Waals surface area contributed by atoms with Crippen LogP contribution >= 0.6 is 0 Å². The van der Waals surface area contributed by atoms with Gasteiger partial charge in [-0.15, -0.1) is 0 Å². The Balaban J connectivity index is 1.36. The molecule has 0 bridgehead atoms. The third kappa shape index (κ3) is 2.47. The molecule has 36 heavy (non-hydrogen) atoms. The Kier molecular flexibility index (Phi) is 4.31. The smallest absolute Gasteiger partial charge is 0.266 e. The molecule has 0 radical (unpaired) electrons. The summed E-state index contributed by atoms with van der Waals surface area (Å²) in [7, 11) is 0.269. The molecule has 3 unspecified atom stereocenters. The first-order valence-electron chi connectivity index (χ1n) is 12.5. The Morgan fingerprint density at radius 1 is 1.17 bits per heavy atom. The van der Waals surface area contributed by atoms with Gasteiger partial charge in [0, 0.05) is 17.3 Å². The molecule has 1 saturated carbocycles. The molecule has 8 heteroatoms. The standard InChI is InChI=1S/C28H30N3O4S/c1-26(2)21-15-27(29)25(32)28(27)11-4-12-30(28)36(34)23(21)14-20-19-10-7-17(13-22(19)31(33)24(20)26)16-5-8-18(35-3)9-6-16/h5-10,13-14,21,23,33H,4,11-12,15,29H2,1-3H3/q+1/t21?,23-,27+,28?,36?/m1/s1. The second-order valence-corrected chi connectivity index (χ2v) is 12.9. The Labute approximate surface area is 212 Å². The molecule has 7 nitrogen and oxygen atoms in total. The van der Waals surface area contributed by atoms with Crippen molar-refractivity contribution in [3.05, 3.63) is 54.1 Å². The van der Waals surface area contributed by atoms with E-state index >= 15 is 0 Å². The summed E-state index contributed by atoms with van der Waals surface area (Å²) in [5.74, 6) is 0.688. The highest BCUT2D eigenvalue weighted by Gasteiger charge is 2.82. The van der Waals surface area contributed by atoms with E-state index in [0.717, 1.165) is 40.1 Å². The Hall–Kier alpha value is -2.81. The molecule has 2 saturated heterocycles. The van der Waals surface area contributed by atoms with Crippen LogP contribution in [0.25, 0.3) is 16.7 Å². The third-order valence-electron chi connectivity index (χ3n) is 9.44. The van der Waals surface area contributed by atoms with E-state index in [4.69, 9.17) is 10.5 Å². The number of nitrogens with two attached hydrogens (primary N) is 1. The van der Waals surface area contributed by atoms with Crippen molar-refractivity contribution < 1.29 is 23.7 Å². The summed E-state index contributed by atoms with van der Waals surface area (Å²) in [5.41, 5.74) is 9.86. The number of hydrogen-bond donors (Lipinski definition) is 2. The lowest BCUT2D eigenvalue weighted by molar-refractivity contribution is -0.712. The molecule has 3 N–H and O–H groups in total. The van der Waals surface area contributed by atoms with Crippen LogP contribution in [-0.4, -0.2) is 59.9 Å². The van der Waals surface area contributed by atoms with Crippen LogP contribution in [0.1, 0.15) is 38.7 Å². The second kappa shape index (κ2) is 6.94. The van der Waals surface area contributed by atoms with Crippen LogP contribution in [0.15, 0.2) is 48.5 Å². The molecule has 3 aliphatic heterocycles. The maximum atomic E-state index is 14.0. The molecule has 5 atom stereocenters. The van der Waals surface area contributed by atoms with Gasteiger partial charge in [-0.05, 0) is 68.4 Å². The van der Waals surface area contributed by atoms with Crippen LogP contribution in [0.3, 0.4) is 0 Å². The molecular weight excluding hydrogens is 474 g/mol. The van der Waals surface area contributed by atoms with E-state index in [1.807, 2.05) is 40.7 Å². The monoisotopic (exact) mass is 504 g/mol. The zero-order chi connectivity index (χ0) is 25.2. The van der Waals surface area contributed by atoms with Crippen LogP contribution in [0, 0.1) is 11.3 Å². The summed E-state index contributed by atoms with van der Waals surface area (Å²) in [5, 5.41) is 11.2. The van der Waals surface area contributed by atoms with E-state index in [1.54, 1.807) is 7.11 Å². The van der Waals surface area contributed by atoms with E-state index in [0.29, 0.717) is 25.1 Å². The van der Waals surface area contributed by atoms with Crippen LogP contribution in [0.4, 0.5) is 5.69 Å². The molecule has 2 aliphatic carbocycles. The van der Waals surface area contributed by atoms with E-state index in [9.17, 15) is 14.2 Å². The first-order chi connectivity index (χ1) is 17.1. The molecular formula is C28H30N3O4S+. The van der Waals surface area contributed by atoms with Gasteiger partial charge in [0.2, 0.25) is 5.71 Å². The fraction of sp³-hybridized carbons (Fsp3) is 0.429. The first-order valence-corrected chi connectivity index (χ1v) is 13.7. The predicted molar refractivity (Wildman–Crippen MR) is 138 cm³/mol. The summed E-state index contributed by atoms with van der Waals surface area (Å²) < 4.78 is 22.5. The van der Waals surface area contributed by atoms with E-state index < -0.39 is 27.5 Å². The minimum Gasteiger partial charge on any atom is -0.497 e. The van der Waals surface area contributed by atoms with Gasteiger partial charge in [-0.25, -0.2) is 8.51 Å². The number of ether oxygens (including phenoxy) is 1. The Bertz CT molecular complexity index is 1450. The van der Waals surface area contributed by atoms with Gasteiger partial charge in [-0.3, -0.25) is 10.0 Å². The molecule has 2 aromatic rings. The average Bonchev–Trinajstić information content (AvgIpc) is 3.20. The van der Waals surface area contributed by atoms with Crippen molar-refractivity contribution in [2.24, 2.45) is 17.1 Å². The number of rotatable bonds is 2. The SMILES string of the molecule is COc1ccc(-c2ccc3c(c2)[N+](O)=C2C3=C[C@@H]3C(C[C@]4(N)C(=O)C45CCCN5S3=O)C2(C)C)cc1. The van der Waals surface area contributed by atoms with Crippen molar-refractivity contribution in [2.75, 3.05) is 13.7 Å². The maximum Gasteiger partial charge on any atom is 0.266 e. The molecule has 2 aromatic carbocycles. The van der Waals surface area contributed by atoms with E-state index in [-0.39, 0.29) is 17.0 Å². The summed E-state index contributed by atoms with van der Waals surface area (Å²) in [6, 6.07) is 13.9. The van der Waals surface area contributed by atoms with Crippen molar-refractivity contribution in [1.29, 1.82) is 0 Å². The predicted octanol–water partition coefficient (Wildman–Crippen LogP) is 3.44.